The van der Waals surface area contributed by atoms with Crippen LogP contribution in [0.3, 0.4) is 0 Å². The molecule has 0 saturated carbocycles. The summed E-state index contributed by atoms with van der Waals surface area (Å²) >= 11 is 0. The Balaban J connectivity index is 1.82. The van der Waals surface area contributed by atoms with Crippen LogP contribution in [-0.4, -0.2) is 48.4 Å². The van der Waals surface area contributed by atoms with Gasteiger partial charge >= 0.3 is 0 Å². The van der Waals surface area contributed by atoms with Crippen molar-refractivity contribution in [2.75, 3.05) is 32.7 Å². The summed E-state index contributed by atoms with van der Waals surface area (Å²) < 4.78 is 0. The average Bonchev–Trinajstić information content (AvgIpc) is 2.41. The molecule has 3 nitrogen and oxygen atoms in total. The van der Waals surface area contributed by atoms with Gasteiger partial charge in [-0.25, -0.2) is 0 Å². The highest BCUT2D eigenvalue weighted by molar-refractivity contribution is 5.78. The van der Waals surface area contributed by atoms with Gasteiger partial charge in [0.2, 0.25) is 5.91 Å². The number of hydrogen-bond acceptors (Lipinski definition) is 2. The number of nitrogens with zero attached hydrogens (tertiary/aromatic N) is 2. The lowest BCUT2D eigenvalue weighted by atomic mass is 10.1. The summed E-state index contributed by atoms with van der Waals surface area (Å²) in [6, 6.07) is 9.94. The van der Waals surface area contributed by atoms with Gasteiger partial charge in [0.05, 0.1) is 6.42 Å². The summed E-state index contributed by atoms with van der Waals surface area (Å²) in [5, 5.41) is 0. The van der Waals surface area contributed by atoms with Crippen molar-refractivity contribution in [1.29, 1.82) is 0 Å². The van der Waals surface area contributed by atoms with E-state index in [4.69, 9.17) is 0 Å². The van der Waals surface area contributed by atoms with E-state index in [0.29, 0.717) is 6.42 Å². The van der Waals surface area contributed by atoms with Gasteiger partial charge in [-0.15, -0.1) is 6.58 Å². The molecule has 1 aliphatic rings. The molecule has 2 rings (SSSR count). The molecule has 0 atom stereocenters. The maximum atomic E-state index is 12.1. The summed E-state index contributed by atoms with van der Waals surface area (Å²) in [5.74, 6) is 0.236. The fourth-order valence-corrected chi connectivity index (χ4v) is 2.24. The molecule has 0 aromatic heterocycles. The second-order valence-electron chi connectivity index (χ2n) is 4.63. The lowest BCUT2D eigenvalue weighted by Gasteiger charge is -2.34. The molecule has 96 valence electrons. The van der Waals surface area contributed by atoms with Crippen LogP contribution in [0.15, 0.2) is 43.0 Å². The van der Waals surface area contributed by atoms with E-state index in [1.807, 2.05) is 41.3 Å². The van der Waals surface area contributed by atoms with Gasteiger partial charge in [-0.1, -0.05) is 36.4 Å². The van der Waals surface area contributed by atoms with E-state index < -0.39 is 0 Å². The molecule has 1 aliphatic heterocycles. The van der Waals surface area contributed by atoms with Crippen LogP contribution < -0.4 is 0 Å². The topological polar surface area (TPSA) is 23.6 Å². The molecule has 18 heavy (non-hydrogen) atoms. The summed E-state index contributed by atoms with van der Waals surface area (Å²) in [5.41, 5.74) is 1.09. The highest BCUT2D eigenvalue weighted by Gasteiger charge is 2.20. The van der Waals surface area contributed by atoms with Crippen molar-refractivity contribution in [2.24, 2.45) is 0 Å². The smallest absolute Gasteiger partial charge is 0.227 e. The number of rotatable bonds is 4. The molecule has 0 bridgehead atoms. The van der Waals surface area contributed by atoms with E-state index in [1.54, 1.807) is 0 Å². The molecule has 1 aromatic carbocycles. The van der Waals surface area contributed by atoms with E-state index in [1.165, 1.54) is 0 Å². The molecule has 3 heteroatoms. The molecule has 1 saturated heterocycles. The minimum atomic E-state index is 0.236. The largest absolute Gasteiger partial charge is 0.340 e. The maximum absolute atomic E-state index is 12.1. The number of amides is 1. The van der Waals surface area contributed by atoms with Crippen molar-refractivity contribution in [3.63, 3.8) is 0 Å². The van der Waals surface area contributed by atoms with Gasteiger partial charge in [0.25, 0.3) is 0 Å². The van der Waals surface area contributed by atoms with Crippen molar-refractivity contribution in [3.05, 3.63) is 48.6 Å². The second-order valence-corrected chi connectivity index (χ2v) is 4.63. The fourth-order valence-electron chi connectivity index (χ4n) is 2.24. The highest BCUT2D eigenvalue weighted by atomic mass is 16.2. The van der Waals surface area contributed by atoms with E-state index in [2.05, 4.69) is 11.5 Å². The highest BCUT2D eigenvalue weighted by Crippen LogP contribution is 2.06. The average molecular weight is 244 g/mol. The number of piperazine rings is 1. The Morgan fingerprint density at radius 1 is 1.17 bits per heavy atom. The quantitative estimate of drug-likeness (QED) is 0.750. The third-order valence-electron chi connectivity index (χ3n) is 3.31. The SMILES string of the molecule is C=CCN1CCN(C(=O)Cc2ccccc2)CC1. The molecule has 1 aromatic rings. The van der Waals surface area contributed by atoms with Crippen LogP contribution in [-0.2, 0) is 11.2 Å². The number of benzene rings is 1. The van der Waals surface area contributed by atoms with E-state index in [9.17, 15) is 4.79 Å². The third-order valence-corrected chi connectivity index (χ3v) is 3.31. The molecular weight excluding hydrogens is 224 g/mol. The standard InChI is InChI=1S/C15H20N2O/c1-2-8-16-9-11-17(12-10-16)15(18)13-14-6-4-3-5-7-14/h2-7H,1,8-13H2. The van der Waals surface area contributed by atoms with Gasteiger partial charge in [0, 0.05) is 32.7 Å². The van der Waals surface area contributed by atoms with Crippen LogP contribution in [0.5, 0.6) is 0 Å². The van der Waals surface area contributed by atoms with Gasteiger partial charge in [0.15, 0.2) is 0 Å². The minimum Gasteiger partial charge on any atom is -0.340 e. The van der Waals surface area contributed by atoms with E-state index in [-0.39, 0.29) is 5.91 Å². The van der Waals surface area contributed by atoms with Crippen LogP contribution in [0.2, 0.25) is 0 Å². The van der Waals surface area contributed by atoms with E-state index in [0.717, 1.165) is 38.3 Å². The minimum absolute atomic E-state index is 0.236. The van der Waals surface area contributed by atoms with Crippen LogP contribution in [0.1, 0.15) is 5.56 Å². The molecule has 0 unspecified atom stereocenters. The zero-order valence-electron chi connectivity index (χ0n) is 10.7. The Bertz CT molecular complexity index is 394. The van der Waals surface area contributed by atoms with Crippen molar-refractivity contribution in [3.8, 4) is 0 Å². The molecule has 0 spiro atoms. The summed E-state index contributed by atoms with van der Waals surface area (Å²) in [4.78, 5) is 16.4. The Morgan fingerprint density at radius 3 is 2.44 bits per heavy atom. The number of carbonyl (C=O) groups excluding carboxylic acids is 1. The Labute approximate surface area is 109 Å². The molecule has 0 radical (unpaired) electrons. The molecule has 0 N–H and O–H groups in total. The first-order valence-corrected chi connectivity index (χ1v) is 6.44. The Morgan fingerprint density at radius 2 is 1.83 bits per heavy atom. The van der Waals surface area contributed by atoms with Gasteiger partial charge in [-0.05, 0) is 5.56 Å². The maximum Gasteiger partial charge on any atom is 0.227 e. The number of hydrogen-bond donors (Lipinski definition) is 0. The van der Waals surface area contributed by atoms with Crippen molar-refractivity contribution in [2.45, 2.75) is 6.42 Å². The van der Waals surface area contributed by atoms with Crippen LogP contribution in [0.25, 0.3) is 0 Å². The lowest BCUT2D eigenvalue weighted by Crippen LogP contribution is -2.49. The predicted molar refractivity (Wildman–Crippen MR) is 73.4 cm³/mol. The normalized spacial score (nSPS) is 16.6. The third kappa shape index (κ3) is 3.44. The van der Waals surface area contributed by atoms with Gasteiger partial charge in [-0.3, -0.25) is 9.69 Å². The molecule has 1 amide bonds. The van der Waals surface area contributed by atoms with Gasteiger partial charge in [-0.2, -0.15) is 0 Å². The van der Waals surface area contributed by atoms with Gasteiger partial charge < -0.3 is 4.90 Å². The lowest BCUT2D eigenvalue weighted by molar-refractivity contribution is -0.132. The molecule has 0 aliphatic carbocycles. The van der Waals surface area contributed by atoms with Crippen molar-refractivity contribution in [1.82, 2.24) is 9.80 Å². The van der Waals surface area contributed by atoms with Crippen LogP contribution >= 0.6 is 0 Å². The zero-order chi connectivity index (χ0) is 12.8. The first-order valence-electron chi connectivity index (χ1n) is 6.44. The van der Waals surface area contributed by atoms with Crippen molar-refractivity contribution < 1.29 is 4.79 Å². The summed E-state index contributed by atoms with van der Waals surface area (Å²) in [6.07, 6.45) is 2.43. The summed E-state index contributed by atoms with van der Waals surface area (Å²) in [7, 11) is 0. The predicted octanol–water partition coefficient (Wildman–Crippen LogP) is 1.56. The second kappa shape index (κ2) is 6.36. The fraction of sp³-hybridized carbons (Fsp3) is 0.400. The first kappa shape index (κ1) is 12.8. The van der Waals surface area contributed by atoms with E-state index >= 15 is 0 Å². The molecule has 1 fully saturated rings. The Kier molecular flexibility index (Phi) is 4.53. The van der Waals surface area contributed by atoms with Gasteiger partial charge in [0.1, 0.15) is 0 Å². The number of carbonyl (C=O) groups is 1. The zero-order valence-corrected chi connectivity index (χ0v) is 10.7. The molecule has 1 heterocycles. The molecular formula is C15H20N2O. The van der Waals surface area contributed by atoms with Crippen molar-refractivity contribution >= 4 is 5.91 Å². The first-order chi connectivity index (χ1) is 8.79. The van der Waals surface area contributed by atoms with Crippen LogP contribution in [0.4, 0.5) is 0 Å². The Hall–Kier alpha value is -1.61. The van der Waals surface area contributed by atoms with Crippen LogP contribution in [0, 0.1) is 0 Å². The monoisotopic (exact) mass is 244 g/mol. The summed E-state index contributed by atoms with van der Waals surface area (Å²) in [6.45, 7) is 8.23.